The largest absolute Gasteiger partial charge is 0.451 e. The first-order valence-corrected chi connectivity index (χ1v) is 4.60. The molecule has 0 saturated heterocycles. The average molecular weight is 217 g/mol. The summed E-state index contributed by atoms with van der Waals surface area (Å²) in [4.78, 5) is 14.8. The highest BCUT2D eigenvalue weighted by Crippen LogP contribution is 2.15. The zero-order valence-corrected chi connectivity index (χ0v) is 8.26. The van der Waals surface area contributed by atoms with Crippen LogP contribution in [-0.2, 0) is 4.79 Å². The fraction of sp³-hybridized carbons (Fsp3) is 0. The van der Waals surface area contributed by atoms with Crippen molar-refractivity contribution in [2.24, 2.45) is 0 Å². The van der Waals surface area contributed by atoms with Crippen molar-refractivity contribution >= 4 is 17.9 Å². The Bertz CT molecular complexity index is 500. The maximum atomic E-state index is 12.7. The number of halogens is 1. The first kappa shape index (κ1) is 10.3. The van der Waals surface area contributed by atoms with E-state index in [2.05, 4.69) is 4.98 Å². The number of oxazole rings is 1. The summed E-state index contributed by atoms with van der Waals surface area (Å²) in [5.74, 6) is -0.338. The van der Waals surface area contributed by atoms with Gasteiger partial charge in [0.1, 0.15) is 17.8 Å². The van der Waals surface area contributed by atoms with Crippen molar-refractivity contribution in [3.05, 3.63) is 54.0 Å². The Morgan fingerprint density at radius 2 is 2.06 bits per heavy atom. The van der Waals surface area contributed by atoms with E-state index in [0.29, 0.717) is 23.1 Å². The number of benzene rings is 1. The molecular weight excluding hydrogens is 209 g/mol. The lowest BCUT2D eigenvalue weighted by Crippen LogP contribution is -1.86. The van der Waals surface area contributed by atoms with E-state index < -0.39 is 0 Å². The van der Waals surface area contributed by atoms with Crippen molar-refractivity contribution in [2.45, 2.75) is 0 Å². The molecule has 0 aliphatic carbocycles. The van der Waals surface area contributed by atoms with Gasteiger partial charge < -0.3 is 4.42 Å². The second-order valence-electron chi connectivity index (χ2n) is 3.14. The second-order valence-corrected chi connectivity index (χ2v) is 3.14. The molecule has 1 heterocycles. The zero-order chi connectivity index (χ0) is 11.4. The van der Waals surface area contributed by atoms with Gasteiger partial charge in [-0.05, 0) is 23.8 Å². The van der Waals surface area contributed by atoms with E-state index in [0.717, 1.165) is 0 Å². The van der Waals surface area contributed by atoms with Gasteiger partial charge in [-0.3, -0.25) is 4.79 Å². The van der Waals surface area contributed by atoms with Gasteiger partial charge in [-0.1, -0.05) is 12.1 Å². The molecule has 0 radical (unpaired) electrons. The summed E-state index contributed by atoms with van der Waals surface area (Å²) in [6.45, 7) is 0. The molecule has 0 amide bonds. The van der Waals surface area contributed by atoms with Crippen LogP contribution in [0.5, 0.6) is 0 Å². The molecule has 2 rings (SSSR count). The number of aromatic nitrogens is 1. The summed E-state index contributed by atoms with van der Waals surface area (Å²) in [5.41, 5.74) is 1.61. The summed E-state index contributed by atoms with van der Waals surface area (Å²) >= 11 is 0. The molecule has 3 nitrogen and oxygen atoms in total. The van der Waals surface area contributed by atoms with E-state index in [1.165, 1.54) is 36.9 Å². The van der Waals surface area contributed by atoms with Gasteiger partial charge in [0, 0.05) is 5.57 Å². The molecule has 1 aromatic heterocycles. The minimum Gasteiger partial charge on any atom is -0.451 e. The summed E-state index contributed by atoms with van der Waals surface area (Å²) < 4.78 is 17.5. The normalized spacial score (nSPS) is 11.4. The number of carbonyl (C=O) groups excluding carboxylic acids is 1. The topological polar surface area (TPSA) is 43.1 Å². The first-order chi connectivity index (χ1) is 7.79. The Morgan fingerprint density at radius 3 is 2.62 bits per heavy atom. The van der Waals surface area contributed by atoms with Crippen LogP contribution in [0.2, 0.25) is 0 Å². The number of carbonyl (C=O) groups is 1. The van der Waals surface area contributed by atoms with Crippen molar-refractivity contribution in [3.63, 3.8) is 0 Å². The number of hydrogen-bond acceptors (Lipinski definition) is 3. The minimum absolute atomic E-state index is 0.338. The summed E-state index contributed by atoms with van der Waals surface area (Å²) in [6, 6.07) is 5.68. The Hall–Kier alpha value is -2.23. The van der Waals surface area contributed by atoms with Gasteiger partial charge in [0.15, 0.2) is 12.7 Å². The van der Waals surface area contributed by atoms with Gasteiger partial charge in [-0.25, -0.2) is 9.37 Å². The summed E-state index contributed by atoms with van der Waals surface area (Å²) in [7, 11) is 0. The van der Waals surface area contributed by atoms with Crippen molar-refractivity contribution in [1.29, 1.82) is 0 Å². The average Bonchev–Trinajstić information content (AvgIpc) is 2.80. The van der Waals surface area contributed by atoms with Crippen LogP contribution in [0.3, 0.4) is 0 Å². The standard InChI is InChI=1S/C12H8FNO2/c13-11-3-1-9(2-4-11)10(6-15)5-12-7-16-8-14-12/h1-8H/b10-5+. The predicted octanol–water partition coefficient (Wildman–Crippen LogP) is 2.55. The molecule has 0 spiro atoms. The van der Waals surface area contributed by atoms with Gasteiger partial charge >= 0.3 is 0 Å². The third-order valence-corrected chi connectivity index (χ3v) is 2.06. The quantitative estimate of drug-likeness (QED) is 0.586. The van der Waals surface area contributed by atoms with Gasteiger partial charge in [0.25, 0.3) is 0 Å². The van der Waals surface area contributed by atoms with Crippen molar-refractivity contribution < 1.29 is 13.6 Å². The van der Waals surface area contributed by atoms with Crippen LogP contribution < -0.4 is 0 Å². The number of hydrogen-bond donors (Lipinski definition) is 0. The van der Waals surface area contributed by atoms with Gasteiger partial charge in [0.2, 0.25) is 0 Å². The highest BCUT2D eigenvalue weighted by atomic mass is 19.1. The van der Waals surface area contributed by atoms with Crippen LogP contribution in [0.1, 0.15) is 11.3 Å². The van der Waals surface area contributed by atoms with E-state index in [9.17, 15) is 9.18 Å². The maximum absolute atomic E-state index is 12.7. The fourth-order valence-corrected chi connectivity index (χ4v) is 1.28. The van der Waals surface area contributed by atoms with E-state index in [1.54, 1.807) is 6.08 Å². The maximum Gasteiger partial charge on any atom is 0.181 e. The first-order valence-electron chi connectivity index (χ1n) is 4.60. The van der Waals surface area contributed by atoms with E-state index in [1.807, 2.05) is 0 Å². The van der Waals surface area contributed by atoms with E-state index >= 15 is 0 Å². The smallest absolute Gasteiger partial charge is 0.181 e. The second kappa shape index (κ2) is 4.53. The van der Waals surface area contributed by atoms with Crippen LogP contribution >= 0.6 is 0 Å². The Balaban J connectivity index is 2.36. The Labute approximate surface area is 91.2 Å². The van der Waals surface area contributed by atoms with E-state index in [4.69, 9.17) is 4.42 Å². The molecule has 80 valence electrons. The molecule has 0 aliphatic heterocycles. The summed E-state index contributed by atoms with van der Waals surface area (Å²) in [5, 5.41) is 0. The molecule has 0 atom stereocenters. The molecule has 0 bridgehead atoms. The molecule has 4 heteroatoms. The summed E-state index contributed by atoms with van der Waals surface area (Å²) in [6.07, 6.45) is 4.97. The number of rotatable bonds is 3. The van der Waals surface area contributed by atoms with Crippen LogP contribution in [0, 0.1) is 5.82 Å². The Morgan fingerprint density at radius 1 is 1.31 bits per heavy atom. The van der Waals surface area contributed by atoms with Crippen LogP contribution in [0.25, 0.3) is 11.6 Å². The molecule has 0 saturated carbocycles. The third-order valence-electron chi connectivity index (χ3n) is 2.06. The van der Waals surface area contributed by atoms with Crippen LogP contribution in [0.15, 0.2) is 41.3 Å². The van der Waals surface area contributed by atoms with Crippen molar-refractivity contribution in [2.75, 3.05) is 0 Å². The molecule has 1 aromatic carbocycles. The molecule has 2 aromatic rings. The molecule has 0 unspecified atom stereocenters. The van der Waals surface area contributed by atoms with Gasteiger partial charge in [-0.2, -0.15) is 0 Å². The predicted molar refractivity (Wildman–Crippen MR) is 56.8 cm³/mol. The highest BCUT2D eigenvalue weighted by Gasteiger charge is 2.02. The lowest BCUT2D eigenvalue weighted by molar-refractivity contribution is -0.103. The lowest BCUT2D eigenvalue weighted by Gasteiger charge is -1.98. The monoisotopic (exact) mass is 217 g/mol. The van der Waals surface area contributed by atoms with E-state index in [-0.39, 0.29) is 5.82 Å². The fourth-order valence-electron chi connectivity index (χ4n) is 1.28. The molecular formula is C12H8FNO2. The number of nitrogens with zero attached hydrogens (tertiary/aromatic N) is 1. The zero-order valence-electron chi connectivity index (χ0n) is 8.26. The SMILES string of the molecule is O=C/C(=C\c1cocn1)c1ccc(F)cc1. The van der Waals surface area contributed by atoms with Crippen molar-refractivity contribution in [1.82, 2.24) is 4.98 Å². The molecule has 0 aliphatic rings. The molecule has 0 N–H and O–H groups in total. The van der Waals surface area contributed by atoms with Gasteiger partial charge in [-0.15, -0.1) is 0 Å². The third kappa shape index (κ3) is 2.23. The molecule has 0 fully saturated rings. The lowest BCUT2D eigenvalue weighted by atomic mass is 10.1. The number of aldehydes is 1. The number of allylic oxidation sites excluding steroid dienone is 1. The minimum atomic E-state index is -0.338. The van der Waals surface area contributed by atoms with Crippen LogP contribution in [-0.4, -0.2) is 11.3 Å². The Kier molecular flexibility index (Phi) is 2.91. The van der Waals surface area contributed by atoms with Crippen molar-refractivity contribution in [3.8, 4) is 0 Å². The van der Waals surface area contributed by atoms with Crippen LogP contribution in [0.4, 0.5) is 4.39 Å². The molecule has 16 heavy (non-hydrogen) atoms. The highest BCUT2D eigenvalue weighted by molar-refractivity contribution is 6.13. The van der Waals surface area contributed by atoms with Gasteiger partial charge in [0.05, 0.1) is 0 Å².